The molecule has 1 spiro atoms. The molecular formula is C38H42N4O4. The number of carbonyl (C=O) groups excluding carboxylic acids is 1. The summed E-state index contributed by atoms with van der Waals surface area (Å²) in [4.78, 5) is 17.9. The summed E-state index contributed by atoms with van der Waals surface area (Å²) in [5.41, 5.74) is 12.8. The molecule has 3 aliphatic heterocycles. The van der Waals surface area contributed by atoms with Crippen LogP contribution in [0, 0.1) is 0 Å². The topological polar surface area (TPSA) is 100 Å². The number of benzene rings is 4. The molecule has 3 fully saturated rings. The molecule has 0 unspecified atom stereocenters. The molecule has 46 heavy (non-hydrogen) atoms. The molecule has 3 aliphatic rings. The maximum Gasteiger partial charge on any atom is 0.247 e. The number of nitrogens with two attached hydrogens (primary N) is 1. The third-order valence-corrected chi connectivity index (χ3v) is 9.90. The molecule has 3 saturated heterocycles. The zero-order valence-electron chi connectivity index (χ0n) is 26.1. The fourth-order valence-electron chi connectivity index (χ4n) is 7.26. The molecule has 0 bridgehead atoms. The quantitative estimate of drug-likeness (QED) is 0.247. The smallest absolute Gasteiger partial charge is 0.247 e. The lowest BCUT2D eigenvalue weighted by atomic mass is 9.85. The van der Waals surface area contributed by atoms with Crippen LogP contribution in [-0.4, -0.2) is 53.9 Å². The SMILES string of the molecule is NCc1ccccc1-c1ccc([C@H]2O[C@@H](CN3CCC4(CC3)C(=O)NCN4c3ccccc3)C[C@@H](c3ccc(CO)cc3)O2)cc1. The van der Waals surface area contributed by atoms with Gasteiger partial charge in [-0.05, 0) is 52.8 Å². The van der Waals surface area contributed by atoms with Gasteiger partial charge in [0.25, 0.3) is 0 Å². The Balaban J connectivity index is 1.08. The lowest BCUT2D eigenvalue weighted by Crippen LogP contribution is -2.57. The number of anilines is 1. The second-order valence-corrected chi connectivity index (χ2v) is 12.6. The number of ether oxygens (including phenoxy) is 2. The molecule has 0 radical (unpaired) electrons. The Bertz CT molecular complexity index is 1620. The van der Waals surface area contributed by atoms with Crippen LogP contribution in [0.25, 0.3) is 11.1 Å². The normalized spacial score (nSPS) is 23.0. The van der Waals surface area contributed by atoms with Crippen molar-refractivity contribution in [2.45, 2.75) is 56.5 Å². The average Bonchev–Trinajstić information content (AvgIpc) is 3.44. The van der Waals surface area contributed by atoms with E-state index in [1.54, 1.807) is 0 Å². The Hall–Kier alpha value is -4.05. The lowest BCUT2D eigenvalue weighted by Gasteiger charge is -2.45. The summed E-state index contributed by atoms with van der Waals surface area (Å²) < 4.78 is 13.3. The van der Waals surface area contributed by atoms with Gasteiger partial charge in [0.2, 0.25) is 5.91 Å². The van der Waals surface area contributed by atoms with Gasteiger partial charge in [0.1, 0.15) is 5.54 Å². The van der Waals surface area contributed by atoms with Crippen molar-refractivity contribution in [3.63, 3.8) is 0 Å². The van der Waals surface area contributed by atoms with Gasteiger partial charge in [0, 0.05) is 43.9 Å². The van der Waals surface area contributed by atoms with Gasteiger partial charge in [-0.3, -0.25) is 4.79 Å². The van der Waals surface area contributed by atoms with Crippen LogP contribution in [0.3, 0.4) is 0 Å². The maximum atomic E-state index is 13.2. The molecule has 4 aromatic rings. The van der Waals surface area contributed by atoms with Crippen molar-refractivity contribution in [2.24, 2.45) is 5.73 Å². The standard InChI is InChI=1S/C38H42N4O4/c39-23-31-6-4-5-9-34(31)28-14-16-30(17-15-28)36-45-33(22-35(46-36)29-12-10-27(25-43)11-13-29)24-41-20-18-38(19-21-41)37(44)40-26-42(38)32-7-2-1-3-8-32/h1-17,33,35-36,43H,18-26,39H2,(H,40,44)/t33-,35+,36+/m1/s1. The zero-order chi connectivity index (χ0) is 31.5. The van der Waals surface area contributed by atoms with E-state index in [2.05, 4.69) is 63.6 Å². The second-order valence-electron chi connectivity index (χ2n) is 12.6. The van der Waals surface area contributed by atoms with Crippen molar-refractivity contribution in [1.82, 2.24) is 10.2 Å². The third kappa shape index (κ3) is 6.07. The van der Waals surface area contributed by atoms with Crippen LogP contribution >= 0.6 is 0 Å². The van der Waals surface area contributed by atoms with E-state index in [0.717, 1.165) is 78.0 Å². The molecule has 7 rings (SSSR count). The van der Waals surface area contributed by atoms with E-state index in [-0.39, 0.29) is 24.7 Å². The number of nitrogens with zero attached hydrogens (tertiary/aromatic N) is 2. The number of aliphatic hydroxyl groups is 1. The maximum absolute atomic E-state index is 13.2. The Kier molecular flexibility index (Phi) is 8.88. The monoisotopic (exact) mass is 618 g/mol. The number of aliphatic hydroxyl groups excluding tert-OH is 1. The van der Waals surface area contributed by atoms with Crippen LogP contribution in [0.15, 0.2) is 103 Å². The van der Waals surface area contributed by atoms with Crippen LogP contribution in [0.4, 0.5) is 5.69 Å². The van der Waals surface area contributed by atoms with Crippen LogP contribution < -0.4 is 16.0 Å². The number of para-hydroxylation sites is 1. The Morgan fingerprint density at radius 1 is 0.848 bits per heavy atom. The van der Waals surface area contributed by atoms with Crippen LogP contribution in [0.5, 0.6) is 0 Å². The molecule has 8 nitrogen and oxygen atoms in total. The minimum atomic E-state index is -0.523. The molecule has 0 aliphatic carbocycles. The van der Waals surface area contributed by atoms with E-state index in [1.807, 2.05) is 54.6 Å². The molecule has 4 N–H and O–H groups in total. The third-order valence-electron chi connectivity index (χ3n) is 9.90. The minimum Gasteiger partial charge on any atom is -0.392 e. The highest BCUT2D eigenvalue weighted by Crippen LogP contribution is 2.40. The molecule has 8 heteroatoms. The van der Waals surface area contributed by atoms with E-state index in [4.69, 9.17) is 15.2 Å². The predicted molar refractivity (Wildman–Crippen MR) is 179 cm³/mol. The summed E-state index contributed by atoms with van der Waals surface area (Å²) in [6.45, 7) is 3.42. The highest BCUT2D eigenvalue weighted by Gasteiger charge is 2.50. The van der Waals surface area contributed by atoms with Crippen LogP contribution in [0.2, 0.25) is 0 Å². The Labute approximate surface area is 270 Å². The van der Waals surface area contributed by atoms with Gasteiger partial charge in [-0.25, -0.2) is 0 Å². The summed E-state index contributed by atoms with van der Waals surface area (Å²) in [6.07, 6.45) is 1.51. The second kappa shape index (κ2) is 13.4. The summed E-state index contributed by atoms with van der Waals surface area (Å²) in [6, 6.07) is 34.8. The van der Waals surface area contributed by atoms with E-state index in [1.165, 1.54) is 0 Å². The van der Waals surface area contributed by atoms with Crippen molar-refractivity contribution >= 4 is 11.6 Å². The number of carbonyl (C=O) groups is 1. The zero-order valence-corrected chi connectivity index (χ0v) is 26.1. The Morgan fingerprint density at radius 2 is 1.54 bits per heavy atom. The number of piperidine rings is 1. The number of amides is 1. The average molecular weight is 619 g/mol. The first-order valence-corrected chi connectivity index (χ1v) is 16.3. The molecule has 0 aromatic heterocycles. The Morgan fingerprint density at radius 3 is 2.26 bits per heavy atom. The molecule has 238 valence electrons. The fraction of sp³-hybridized carbons (Fsp3) is 0.342. The van der Waals surface area contributed by atoms with Crippen molar-refractivity contribution < 1.29 is 19.4 Å². The van der Waals surface area contributed by atoms with Gasteiger partial charge < -0.3 is 35.4 Å². The first kappa shape index (κ1) is 30.6. The number of hydrogen-bond acceptors (Lipinski definition) is 7. The van der Waals surface area contributed by atoms with Gasteiger partial charge in [-0.15, -0.1) is 0 Å². The molecule has 3 heterocycles. The van der Waals surface area contributed by atoms with E-state index in [9.17, 15) is 9.90 Å². The molecule has 4 aromatic carbocycles. The molecule has 1 amide bonds. The number of rotatable bonds is 8. The van der Waals surface area contributed by atoms with Gasteiger partial charge >= 0.3 is 0 Å². The van der Waals surface area contributed by atoms with Crippen molar-refractivity contribution in [3.8, 4) is 11.1 Å². The lowest BCUT2D eigenvalue weighted by molar-refractivity contribution is -0.253. The van der Waals surface area contributed by atoms with Gasteiger partial charge in [0.15, 0.2) is 6.29 Å². The summed E-state index contributed by atoms with van der Waals surface area (Å²) in [5, 5.41) is 12.7. The van der Waals surface area contributed by atoms with Crippen LogP contribution in [-0.2, 0) is 27.4 Å². The predicted octanol–water partition coefficient (Wildman–Crippen LogP) is 5.28. The van der Waals surface area contributed by atoms with Crippen LogP contribution in [0.1, 0.15) is 53.9 Å². The summed E-state index contributed by atoms with van der Waals surface area (Å²) >= 11 is 0. The summed E-state index contributed by atoms with van der Waals surface area (Å²) in [5.74, 6) is 0.127. The van der Waals surface area contributed by atoms with Gasteiger partial charge in [-0.1, -0.05) is 91.0 Å². The first-order valence-electron chi connectivity index (χ1n) is 16.3. The molecular weight excluding hydrogens is 576 g/mol. The fourth-order valence-corrected chi connectivity index (χ4v) is 7.26. The number of nitrogens with one attached hydrogen (secondary N) is 1. The largest absolute Gasteiger partial charge is 0.392 e. The van der Waals surface area contributed by atoms with E-state index < -0.39 is 11.8 Å². The van der Waals surface area contributed by atoms with E-state index in [0.29, 0.717) is 13.2 Å². The molecule has 3 atom stereocenters. The number of hydrogen-bond donors (Lipinski definition) is 3. The first-order chi connectivity index (χ1) is 22.6. The highest BCUT2D eigenvalue weighted by atomic mass is 16.7. The van der Waals surface area contributed by atoms with Crippen molar-refractivity contribution in [3.05, 3.63) is 125 Å². The number of likely N-dealkylation sites (tertiary alicyclic amines) is 1. The van der Waals surface area contributed by atoms with Gasteiger partial charge in [0.05, 0.1) is 25.5 Å². The van der Waals surface area contributed by atoms with Gasteiger partial charge in [-0.2, -0.15) is 0 Å². The molecule has 0 saturated carbocycles. The van der Waals surface area contributed by atoms with E-state index >= 15 is 0 Å². The van der Waals surface area contributed by atoms with Crippen molar-refractivity contribution in [2.75, 3.05) is 31.2 Å². The highest BCUT2D eigenvalue weighted by molar-refractivity contribution is 5.93. The summed E-state index contributed by atoms with van der Waals surface area (Å²) in [7, 11) is 0. The van der Waals surface area contributed by atoms with Crippen molar-refractivity contribution in [1.29, 1.82) is 0 Å². The minimum absolute atomic E-state index is 0.00989.